The molecule has 1 N–H and O–H groups in total. The van der Waals surface area contributed by atoms with Crippen LogP contribution in [-0.2, 0) is 19.8 Å². The van der Waals surface area contributed by atoms with Crippen LogP contribution in [0.1, 0.15) is 21.7 Å². The van der Waals surface area contributed by atoms with Crippen molar-refractivity contribution in [3.05, 3.63) is 59.4 Å². The maximum absolute atomic E-state index is 13.6. The van der Waals surface area contributed by atoms with E-state index in [1.165, 1.54) is 17.1 Å². The summed E-state index contributed by atoms with van der Waals surface area (Å²) in [5, 5.41) is 9.72. The number of hydrogen-bond acceptors (Lipinski definition) is 4. The maximum Gasteiger partial charge on any atom is 0.433 e. The number of amides is 1. The Labute approximate surface area is 144 Å². The van der Waals surface area contributed by atoms with Gasteiger partial charge in [-0.25, -0.2) is 14.1 Å². The molecule has 0 aliphatic rings. The zero-order valence-electron chi connectivity index (χ0n) is 13.3. The van der Waals surface area contributed by atoms with Crippen molar-refractivity contribution >= 4 is 11.9 Å². The van der Waals surface area contributed by atoms with Crippen LogP contribution in [0.15, 0.2) is 36.7 Å². The molecule has 3 rings (SSSR count). The van der Waals surface area contributed by atoms with Crippen molar-refractivity contribution in [3.8, 4) is 0 Å². The molecule has 1 aromatic carbocycles. The fourth-order valence-corrected chi connectivity index (χ4v) is 2.24. The molecule has 1 amide bonds. The molecule has 0 atom stereocenters. The van der Waals surface area contributed by atoms with Crippen molar-refractivity contribution in [2.24, 2.45) is 7.05 Å². The number of halogens is 4. The van der Waals surface area contributed by atoms with E-state index in [4.69, 9.17) is 0 Å². The summed E-state index contributed by atoms with van der Waals surface area (Å²) < 4.78 is 53.7. The highest BCUT2D eigenvalue weighted by Gasteiger charge is 2.35. The number of carbonyl (C=O) groups is 1. The first kappa shape index (κ1) is 17.6. The van der Waals surface area contributed by atoms with Gasteiger partial charge in [-0.05, 0) is 6.07 Å². The summed E-state index contributed by atoms with van der Waals surface area (Å²) in [6.07, 6.45) is -3.36. The van der Waals surface area contributed by atoms with E-state index in [0.717, 1.165) is 7.05 Å². The minimum absolute atomic E-state index is 0.0807. The summed E-state index contributed by atoms with van der Waals surface area (Å²) >= 11 is 0. The lowest BCUT2D eigenvalue weighted by molar-refractivity contribution is -0.143. The van der Waals surface area contributed by atoms with Crippen molar-refractivity contribution in [3.63, 3.8) is 0 Å². The molecule has 0 radical (unpaired) electrons. The molecule has 136 valence electrons. The fraction of sp³-hybridized carbons (Fsp3) is 0.200. The number of alkyl halides is 3. The Bertz CT molecular complexity index is 946. The lowest BCUT2D eigenvalue weighted by atomic mass is 10.2. The molecule has 0 saturated carbocycles. The molecule has 0 fully saturated rings. The lowest BCUT2D eigenvalue weighted by Gasteiger charge is -2.04. The highest BCUT2D eigenvalue weighted by molar-refractivity contribution is 6.01. The average Bonchev–Trinajstić information content (AvgIpc) is 3.16. The molecular formula is C15H12F4N6O. The molecule has 0 spiro atoms. The first-order valence-corrected chi connectivity index (χ1v) is 7.29. The van der Waals surface area contributed by atoms with E-state index < -0.39 is 29.3 Å². The minimum Gasteiger partial charge on any atom is -0.288 e. The molecule has 2 aromatic heterocycles. The second-order valence-electron chi connectivity index (χ2n) is 5.35. The van der Waals surface area contributed by atoms with Crippen molar-refractivity contribution < 1.29 is 22.4 Å². The molecule has 0 saturated heterocycles. The molecule has 7 nitrogen and oxygen atoms in total. The quantitative estimate of drug-likeness (QED) is 0.718. The van der Waals surface area contributed by atoms with Gasteiger partial charge < -0.3 is 0 Å². The van der Waals surface area contributed by atoms with E-state index in [1.54, 1.807) is 18.2 Å². The molecule has 0 aliphatic carbocycles. The van der Waals surface area contributed by atoms with Crippen molar-refractivity contribution in [1.29, 1.82) is 0 Å². The van der Waals surface area contributed by atoms with Crippen LogP contribution in [0.5, 0.6) is 0 Å². The summed E-state index contributed by atoms with van der Waals surface area (Å²) in [6, 6.07) is 6.72. The third-order valence-electron chi connectivity index (χ3n) is 3.45. The Morgan fingerprint density at radius 3 is 2.62 bits per heavy atom. The number of aryl methyl sites for hydroxylation is 1. The molecule has 2 heterocycles. The first-order valence-electron chi connectivity index (χ1n) is 7.29. The minimum atomic E-state index is -4.63. The Hall–Kier alpha value is -3.24. The predicted octanol–water partition coefficient (Wildman–Crippen LogP) is 2.47. The maximum atomic E-state index is 13.6. The molecular weight excluding hydrogens is 356 g/mol. The van der Waals surface area contributed by atoms with Crippen LogP contribution in [0.4, 0.5) is 23.5 Å². The van der Waals surface area contributed by atoms with E-state index in [2.05, 4.69) is 20.5 Å². The average molecular weight is 368 g/mol. The number of carbonyl (C=O) groups excluding carboxylic acids is 1. The summed E-state index contributed by atoms with van der Waals surface area (Å²) in [6.45, 7) is 0.0807. The van der Waals surface area contributed by atoms with Gasteiger partial charge in [0.05, 0.1) is 6.54 Å². The fourth-order valence-electron chi connectivity index (χ4n) is 2.24. The molecule has 11 heteroatoms. The van der Waals surface area contributed by atoms with Crippen LogP contribution in [0.3, 0.4) is 0 Å². The van der Waals surface area contributed by atoms with Gasteiger partial charge in [-0.2, -0.15) is 18.3 Å². The van der Waals surface area contributed by atoms with Crippen molar-refractivity contribution in [1.82, 2.24) is 24.5 Å². The Morgan fingerprint density at radius 1 is 1.23 bits per heavy atom. The van der Waals surface area contributed by atoms with Crippen LogP contribution >= 0.6 is 0 Å². The summed E-state index contributed by atoms with van der Waals surface area (Å²) in [5.74, 6) is -1.44. The first-order chi connectivity index (χ1) is 12.2. The topological polar surface area (TPSA) is 77.6 Å². The molecule has 0 unspecified atom stereocenters. The molecule has 0 aliphatic heterocycles. The Balaban J connectivity index is 1.71. The van der Waals surface area contributed by atoms with Crippen LogP contribution in [-0.4, -0.2) is 30.5 Å². The third kappa shape index (κ3) is 3.71. The van der Waals surface area contributed by atoms with E-state index >= 15 is 0 Å². The zero-order valence-corrected chi connectivity index (χ0v) is 13.3. The third-order valence-corrected chi connectivity index (χ3v) is 3.45. The van der Waals surface area contributed by atoms with Crippen LogP contribution in [0.2, 0.25) is 0 Å². The Kier molecular flexibility index (Phi) is 4.45. The van der Waals surface area contributed by atoms with Gasteiger partial charge in [0, 0.05) is 18.7 Å². The number of hydrogen-bond donors (Lipinski definition) is 1. The van der Waals surface area contributed by atoms with Gasteiger partial charge >= 0.3 is 6.18 Å². The van der Waals surface area contributed by atoms with Gasteiger partial charge in [-0.1, -0.05) is 18.2 Å². The van der Waals surface area contributed by atoms with Crippen LogP contribution < -0.4 is 5.32 Å². The zero-order chi connectivity index (χ0) is 18.9. The van der Waals surface area contributed by atoms with Crippen molar-refractivity contribution in [2.45, 2.75) is 12.7 Å². The van der Waals surface area contributed by atoms with Gasteiger partial charge in [-0.15, -0.1) is 5.10 Å². The van der Waals surface area contributed by atoms with Crippen LogP contribution in [0.25, 0.3) is 0 Å². The van der Waals surface area contributed by atoms with Gasteiger partial charge in [-0.3, -0.25) is 14.8 Å². The van der Waals surface area contributed by atoms with E-state index in [1.807, 2.05) is 0 Å². The second kappa shape index (κ2) is 6.58. The van der Waals surface area contributed by atoms with E-state index in [9.17, 15) is 22.4 Å². The van der Waals surface area contributed by atoms with Crippen molar-refractivity contribution in [2.75, 3.05) is 5.32 Å². The largest absolute Gasteiger partial charge is 0.433 e. The summed E-state index contributed by atoms with van der Waals surface area (Å²) in [4.78, 5) is 15.9. The lowest BCUT2D eigenvalue weighted by Crippen LogP contribution is -2.14. The number of nitrogens with zero attached hydrogens (tertiary/aromatic N) is 5. The molecule has 26 heavy (non-hydrogen) atoms. The van der Waals surface area contributed by atoms with Gasteiger partial charge in [0.2, 0.25) is 5.95 Å². The van der Waals surface area contributed by atoms with Gasteiger partial charge in [0.25, 0.3) is 5.91 Å². The normalized spacial score (nSPS) is 11.6. The smallest absolute Gasteiger partial charge is 0.288 e. The molecule has 3 aromatic rings. The summed E-state index contributed by atoms with van der Waals surface area (Å²) in [5.41, 5.74) is -1.11. The summed E-state index contributed by atoms with van der Waals surface area (Å²) in [7, 11) is 1.08. The molecule has 0 bridgehead atoms. The monoisotopic (exact) mass is 368 g/mol. The van der Waals surface area contributed by atoms with Gasteiger partial charge in [0.1, 0.15) is 17.8 Å². The number of anilines is 1. The predicted molar refractivity (Wildman–Crippen MR) is 81.7 cm³/mol. The van der Waals surface area contributed by atoms with Crippen LogP contribution in [0, 0.1) is 5.82 Å². The standard InChI is InChI=1S/C15H12F4N6O/c1-24-12(15(17,18)19)6-11(22-24)13(26)21-14-20-8-25(23-14)7-9-4-2-3-5-10(9)16/h2-6,8H,7H2,1H3,(H,21,23,26). The number of rotatable bonds is 4. The number of aromatic nitrogens is 5. The number of nitrogens with one attached hydrogen (secondary N) is 1. The second-order valence-corrected chi connectivity index (χ2v) is 5.35. The highest BCUT2D eigenvalue weighted by atomic mass is 19.4. The van der Waals surface area contributed by atoms with E-state index in [0.29, 0.717) is 16.3 Å². The Morgan fingerprint density at radius 2 is 1.96 bits per heavy atom. The number of benzene rings is 1. The van der Waals surface area contributed by atoms with Gasteiger partial charge in [0.15, 0.2) is 5.69 Å². The highest BCUT2D eigenvalue weighted by Crippen LogP contribution is 2.29. The SMILES string of the molecule is Cn1nc(C(=O)Nc2ncn(Cc3ccccc3F)n2)cc1C(F)(F)F. The van der Waals surface area contributed by atoms with E-state index in [-0.39, 0.29) is 12.5 Å².